The molecule has 1 aliphatic rings. The number of aliphatic carboxylic acids is 1. The number of carbonyl (C=O) groups is 1. The van der Waals surface area contributed by atoms with Crippen LogP contribution in [0.2, 0.25) is 0 Å². The lowest BCUT2D eigenvalue weighted by molar-refractivity contribution is -0.142. The average molecular weight is 230 g/mol. The van der Waals surface area contributed by atoms with Gasteiger partial charge < -0.3 is 5.11 Å². The van der Waals surface area contributed by atoms with Crippen LogP contribution in [0.3, 0.4) is 0 Å². The van der Waals surface area contributed by atoms with Crippen molar-refractivity contribution < 1.29 is 9.90 Å². The summed E-state index contributed by atoms with van der Waals surface area (Å²) in [6.45, 7) is 0. The molecule has 1 aliphatic carbocycles. The van der Waals surface area contributed by atoms with Crippen molar-refractivity contribution in [2.75, 3.05) is 0 Å². The van der Waals surface area contributed by atoms with Crippen molar-refractivity contribution in [1.29, 1.82) is 0 Å². The highest BCUT2D eigenvalue weighted by Gasteiger charge is 2.28. The topological polar surface area (TPSA) is 37.3 Å². The molecule has 2 heteroatoms. The minimum Gasteiger partial charge on any atom is -0.481 e. The van der Waals surface area contributed by atoms with Crippen LogP contribution >= 0.6 is 0 Å². The lowest BCUT2D eigenvalue weighted by atomic mass is 9.79. The van der Waals surface area contributed by atoms with Gasteiger partial charge in [0.15, 0.2) is 0 Å². The first-order chi connectivity index (χ1) is 8.29. The zero-order chi connectivity index (χ0) is 12.1. The minimum atomic E-state index is -0.658. The number of allylic oxidation sites excluding steroid dienone is 2. The highest BCUT2D eigenvalue weighted by Crippen LogP contribution is 2.33. The Morgan fingerprint density at radius 2 is 1.94 bits per heavy atom. The first kappa shape index (κ1) is 11.9. The summed E-state index contributed by atoms with van der Waals surface area (Å²) >= 11 is 0. The number of hydrogen-bond donors (Lipinski definition) is 1. The number of hydrogen-bond acceptors (Lipinski definition) is 1. The standard InChI is InChI=1S/C15H18O2/c16-15(17)14-11-7-2-1-6-10-13(14)12-8-4-3-5-9-12/h1,3-6,8-9,13-14H,2,7,10-11H2,(H,16,17)/b6-1-/t13-,14+/m0/s1. The Bertz CT molecular complexity index is 395. The summed E-state index contributed by atoms with van der Waals surface area (Å²) in [4.78, 5) is 11.4. The molecule has 0 heterocycles. The van der Waals surface area contributed by atoms with Gasteiger partial charge in [-0.3, -0.25) is 4.79 Å². The molecule has 0 saturated heterocycles. The second kappa shape index (κ2) is 5.67. The zero-order valence-corrected chi connectivity index (χ0v) is 9.88. The van der Waals surface area contributed by atoms with Gasteiger partial charge in [-0.05, 0) is 31.2 Å². The molecule has 0 radical (unpaired) electrons. The Labute approximate surface area is 102 Å². The average Bonchev–Trinajstić information content (AvgIpc) is 2.29. The van der Waals surface area contributed by atoms with E-state index in [-0.39, 0.29) is 11.8 Å². The number of carboxylic acid groups (broad SMARTS) is 1. The van der Waals surface area contributed by atoms with Crippen LogP contribution < -0.4 is 0 Å². The quantitative estimate of drug-likeness (QED) is 0.788. The van der Waals surface area contributed by atoms with E-state index in [1.54, 1.807) is 0 Å². The van der Waals surface area contributed by atoms with E-state index in [0.29, 0.717) is 0 Å². The summed E-state index contributed by atoms with van der Waals surface area (Å²) < 4.78 is 0. The fraction of sp³-hybridized carbons (Fsp3) is 0.400. The molecule has 2 atom stereocenters. The van der Waals surface area contributed by atoms with E-state index in [1.807, 2.05) is 30.3 Å². The molecule has 17 heavy (non-hydrogen) atoms. The zero-order valence-electron chi connectivity index (χ0n) is 9.88. The molecule has 0 fully saturated rings. The summed E-state index contributed by atoms with van der Waals surface area (Å²) in [5, 5.41) is 9.36. The van der Waals surface area contributed by atoms with Crippen molar-refractivity contribution in [3.05, 3.63) is 48.0 Å². The van der Waals surface area contributed by atoms with Crippen molar-refractivity contribution >= 4 is 5.97 Å². The van der Waals surface area contributed by atoms with E-state index in [4.69, 9.17) is 0 Å². The molecule has 0 aliphatic heterocycles. The SMILES string of the molecule is O=C(O)[C@@H]1CCC/C=C\C[C@H]1c1ccccc1. The lowest BCUT2D eigenvalue weighted by Crippen LogP contribution is -2.22. The summed E-state index contributed by atoms with van der Waals surface area (Å²) in [6, 6.07) is 10.0. The van der Waals surface area contributed by atoms with Crippen LogP contribution in [-0.4, -0.2) is 11.1 Å². The molecule has 1 aromatic rings. The third-order valence-corrected chi connectivity index (χ3v) is 3.47. The molecule has 0 unspecified atom stereocenters. The molecule has 0 aromatic heterocycles. The van der Waals surface area contributed by atoms with Gasteiger partial charge in [0.05, 0.1) is 5.92 Å². The molecule has 0 bridgehead atoms. The van der Waals surface area contributed by atoms with Crippen LogP contribution in [0.15, 0.2) is 42.5 Å². The van der Waals surface area contributed by atoms with Gasteiger partial charge in [0.1, 0.15) is 0 Å². The summed E-state index contributed by atoms with van der Waals surface area (Å²) in [5.74, 6) is -0.790. The van der Waals surface area contributed by atoms with Crippen molar-refractivity contribution in [3.63, 3.8) is 0 Å². The maximum Gasteiger partial charge on any atom is 0.307 e. The fourth-order valence-electron chi connectivity index (χ4n) is 2.55. The van der Waals surface area contributed by atoms with Crippen molar-refractivity contribution in [3.8, 4) is 0 Å². The molecule has 1 aromatic carbocycles. The van der Waals surface area contributed by atoms with Gasteiger partial charge in [-0.15, -0.1) is 0 Å². The van der Waals surface area contributed by atoms with Gasteiger partial charge in [0, 0.05) is 5.92 Å². The number of carboxylic acids is 1. The first-order valence-corrected chi connectivity index (χ1v) is 6.22. The minimum absolute atomic E-state index is 0.116. The normalized spacial score (nSPS) is 26.8. The Kier molecular flexibility index (Phi) is 3.97. The molecular weight excluding hydrogens is 212 g/mol. The third-order valence-electron chi connectivity index (χ3n) is 3.47. The molecule has 90 valence electrons. The number of rotatable bonds is 2. The Morgan fingerprint density at radius 1 is 1.18 bits per heavy atom. The summed E-state index contributed by atoms with van der Waals surface area (Å²) in [5.41, 5.74) is 1.14. The largest absolute Gasteiger partial charge is 0.481 e. The van der Waals surface area contributed by atoms with E-state index < -0.39 is 5.97 Å². The van der Waals surface area contributed by atoms with Gasteiger partial charge in [0.2, 0.25) is 0 Å². The maximum absolute atomic E-state index is 11.4. The Morgan fingerprint density at radius 3 is 2.65 bits per heavy atom. The van der Waals surface area contributed by atoms with E-state index in [1.165, 1.54) is 0 Å². The van der Waals surface area contributed by atoms with E-state index >= 15 is 0 Å². The van der Waals surface area contributed by atoms with Crippen molar-refractivity contribution in [2.45, 2.75) is 31.6 Å². The van der Waals surface area contributed by atoms with Crippen LogP contribution in [0.25, 0.3) is 0 Å². The second-order valence-electron chi connectivity index (χ2n) is 4.60. The van der Waals surface area contributed by atoms with Gasteiger partial charge >= 0.3 is 5.97 Å². The molecule has 2 nitrogen and oxygen atoms in total. The van der Waals surface area contributed by atoms with Gasteiger partial charge in [-0.1, -0.05) is 42.5 Å². The van der Waals surface area contributed by atoms with E-state index in [0.717, 1.165) is 31.2 Å². The molecule has 1 N–H and O–H groups in total. The molecular formula is C15H18O2. The lowest BCUT2D eigenvalue weighted by Gasteiger charge is -2.24. The van der Waals surface area contributed by atoms with Gasteiger partial charge in [0.25, 0.3) is 0 Å². The van der Waals surface area contributed by atoms with Crippen LogP contribution in [0, 0.1) is 5.92 Å². The predicted octanol–water partition coefficient (Wildman–Crippen LogP) is 3.60. The van der Waals surface area contributed by atoms with Crippen LogP contribution in [0.4, 0.5) is 0 Å². The van der Waals surface area contributed by atoms with Gasteiger partial charge in [-0.2, -0.15) is 0 Å². The Balaban J connectivity index is 2.27. The van der Waals surface area contributed by atoms with Crippen LogP contribution in [-0.2, 0) is 4.79 Å². The predicted molar refractivity (Wildman–Crippen MR) is 67.9 cm³/mol. The fourth-order valence-corrected chi connectivity index (χ4v) is 2.55. The molecule has 0 saturated carbocycles. The highest BCUT2D eigenvalue weighted by atomic mass is 16.4. The second-order valence-corrected chi connectivity index (χ2v) is 4.60. The number of benzene rings is 1. The van der Waals surface area contributed by atoms with Crippen molar-refractivity contribution in [1.82, 2.24) is 0 Å². The molecule has 0 spiro atoms. The summed E-state index contributed by atoms with van der Waals surface area (Å²) in [6.07, 6.45) is 7.89. The molecule has 0 amide bonds. The molecule has 2 rings (SSSR count). The van der Waals surface area contributed by atoms with Crippen molar-refractivity contribution in [2.24, 2.45) is 5.92 Å². The van der Waals surface area contributed by atoms with E-state index in [2.05, 4.69) is 12.2 Å². The first-order valence-electron chi connectivity index (χ1n) is 6.22. The maximum atomic E-state index is 11.4. The smallest absolute Gasteiger partial charge is 0.307 e. The van der Waals surface area contributed by atoms with Gasteiger partial charge in [-0.25, -0.2) is 0 Å². The monoisotopic (exact) mass is 230 g/mol. The Hall–Kier alpha value is -1.57. The van der Waals surface area contributed by atoms with Crippen LogP contribution in [0.5, 0.6) is 0 Å². The van der Waals surface area contributed by atoms with E-state index in [9.17, 15) is 9.90 Å². The summed E-state index contributed by atoms with van der Waals surface area (Å²) in [7, 11) is 0. The third kappa shape index (κ3) is 2.96. The highest BCUT2D eigenvalue weighted by molar-refractivity contribution is 5.71. The van der Waals surface area contributed by atoms with Crippen LogP contribution in [0.1, 0.15) is 37.2 Å².